The van der Waals surface area contributed by atoms with Gasteiger partial charge in [-0.05, 0) is 24.6 Å². The lowest BCUT2D eigenvalue weighted by molar-refractivity contribution is 0.298. The van der Waals surface area contributed by atoms with Gasteiger partial charge in [-0.1, -0.05) is 29.8 Å². The van der Waals surface area contributed by atoms with Gasteiger partial charge in [-0.25, -0.2) is 0 Å². The second kappa shape index (κ2) is 5.51. The molecule has 3 rings (SSSR count). The van der Waals surface area contributed by atoms with E-state index in [1.807, 2.05) is 24.3 Å². The Kier molecular flexibility index (Phi) is 3.75. The molecule has 0 spiro atoms. The van der Waals surface area contributed by atoms with Crippen molar-refractivity contribution in [1.82, 2.24) is 5.43 Å². The molecule has 1 aliphatic rings. The van der Waals surface area contributed by atoms with Crippen LogP contribution in [-0.2, 0) is 6.42 Å². The van der Waals surface area contributed by atoms with Crippen LogP contribution in [0.3, 0.4) is 0 Å². The van der Waals surface area contributed by atoms with Crippen LogP contribution < -0.4 is 16.0 Å². The zero-order valence-corrected chi connectivity index (χ0v) is 11.9. The van der Waals surface area contributed by atoms with Crippen molar-refractivity contribution in [2.75, 3.05) is 6.61 Å². The predicted molar refractivity (Wildman–Crippen MR) is 78.8 cm³/mol. The van der Waals surface area contributed by atoms with Crippen molar-refractivity contribution in [3.05, 3.63) is 51.2 Å². The standard InChI is InChI=1S/C14H15ClN2OS/c15-14-6-5-9(19-14)7-12(17-16)11-8-18-13-4-2-1-3-10(11)13/h1-6,11-12,17H,7-8,16H2. The van der Waals surface area contributed by atoms with Gasteiger partial charge < -0.3 is 4.74 Å². The average molecular weight is 295 g/mol. The van der Waals surface area contributed by atoms with E-state index >= 15 is 0 Å². The number of halogens is 1. The number of nitrogens with one attached hydrogen (secondary N) is 1. The molecule has 0 bridgehead atoms. The topological polar surface area (TPSA) is 47.3 Å². The van der Waals surface area contributed by atoms with E-state index in [9.17, 15) is 0 Å². The van der Waals surface area contributed by atoms with Gasteiger partial charge >= 0.3 is 0 Å². The summed E-state index contributed by atoms with van der Waals surface area (Å²) in [5.74, 6) is 6.98. The van der Waals surface area contributed by atoms with Gasteiger partial charge in [0.1, 0.15) is 5.75 Å². The third-order valence-electron chi connectivity index (χ3n) is 3.49. The second-order valence-electron chi connectivity index (χ2n) is 4.64. The number of fused-ring (bicyclic) bond motifs is 1. The van der Waals surface area contributed by atoms with Crippen molar-refractivity contribution in [3.8, 4) is 5.75 Å². The summed E-state index contributed by atoms with van der Waals surface area (Å²) < 4.78 is 6.53. The summed E-state index contributed by atoms with van der Waals surface area (Å²) >= 11 is 7.57. The highest BCUT2D eigenvalue weighted by Crippen LogP contribution is 2.36. The minimum Gasteiger partial charge on any atom is -0.493 e. The first-order chi connectivity index (χ1) is 9.28. The van der Waals surface area contributed by atoms with Crippen LogP contribution in [0.1, 0.15) is 16.4 Å². The second-order valence-corrected chi connectivity index (χ2v) is 6.44. The SMILES string of the molecule is NNC(Cc1ccc(Cl)s1)C1COc2ccccc21. The molecule has 2 unspecified atom stereocenters. The van der Waals surface area contributed by atoms with E-state index in [1.165, 1.54) is 10.4 Å². The van der Waals surface area contributed by atoms with Crippen LogP contribution in [0, 0.1) is 0 Å². The molecule has 2 heterocycles. The number of thiophene rings is 1. The van der Waals surface area contributed by atoms with E-state index in [2.05, 4.69) is 17.6 Å². The predicted octanol–water partition coefficient (Wildman–Crippen LogP) is 2.95. The van der Waals surface area contributed by atoms with Crippen LogP contribution in [0.4, 0.5) is 0 Å². The average Bonchev–Trinajstić information content (AvgIpc) is 3.02. The van der Waals surface area contributed by atoms with Crippen molar-refractivity contribution in [2.24, 2.45) is 5.84 Å². The zero-order valence-electron chi connectivity index (χ0n) is 10.3. The van der Waals surface area contributed by atoms with Gasteiger partial charge in [0.2, 0.25) is 0 Å². The van der Waals surface area contributed by atoms with E-state index < -0.39 is 0 Å². The van der Waals surface area contributed by atoms with Crippen LogP contribution in [0.25, 0.3) is 0 Å². The third kappa shape index (κ3) is 2.62. The van der Waals surface area contributed by atoms with Crippen molar-refractivity contribution in [3.63, 3.8) is 0 Å². The Morgan fingerprint density at radius 1 is 1.37 bits per heavy atom. The molecule has 100 valence electrons. The van der Waals surface area contributed by atoms with E-state index in [-0.39, 0.29) is 12.0 Å². The molecule has 5 heteroatoms. The van der Waals surface area contributed by atoms with Crippen molar-refractivity contribution < 1.29 is 4.74 Å². The minimum absolute atomic E-state index is 0.151. The first-order valence-corrected chi connectivity index (χ1v) is 7.39. The molecule has 1 aliphatic heterocycles. The fraction of sp³-hybridized carbons (Fsp3) is 0.286. The maximum absolute atomic E-state index is 5.97. The molecule has 1 aromatic heterocycles. The molecular formula is C14H15ClN2OS. The molecule has 3 nitrogen and oxygen atoms in total. The largest absolute Gasteiger partial charge is 0.493 e. The van der Waals surface area contributed by atoms with Crippen LogP contribution >= 0.6 is 22.9 Å². The Labute approximate surface area is 121 Å². The normalized spacial score (nSPS) is 18.9. The first kappa shape index (κ1) is 12.9. The number of rotatable bonds is 4. The number of benzene rings is 1. The number of hydrazine groups is 1. The Morgan fingerprint density at radius 3 is 2.95 bits per heavy atom. The van der Waals surface area contributed by atoms with Gasteiger partial charge in [-0.2, -0.15) is 0 Å². The maximum atomic E-state index is 5.97. The molecule has 0 saturated carbocycles. The third-order valence-corrected chi connectivity index (χ3v) is 4.74. The van der Waals surface area contributed by atoms with Gasteiger partial charge in [-0.15, -0.1) is 11.3 Å². The lowest BCUT2D eigenvalue weighted by Gasteiger charge is -2.21. The molecule has 0 amide bonds. The van der Waals surface area contributed by atoms with Gasteiger partial charge in [-0.3, -0.25) is 11.3 Å². The Hall–Kier alpha value is -1.07. The molecule has 0 fully saturated rings. The van der Waals surface area contributed by atoms with Crippen molar-refractivity contribution in [1.29, 1.82) is 0 Å². The first-order valence-electron chi connectivity index (χ1n) is 6.20. The molecule has 2 aromatic rings. The molecule has 1 aromatic carbocycles. The van der Waals surface area contributed by atoms with E-state index in [4.69, 9.17) is 22.2 Å². The summed E-state index contributed by atoms with van der Waals surface area (Å²) in [4.78, 5) is 1.23. The van der Waals surface area contributed by atoms with Gasteiger partial charge in [0, 0.05) is 22.4 Å². The molecule has 0 saturated heterocycles. The minimum atomic E-state index is 0.151. The van der Waals surface area contributed by atoms with Crippen LogP contribution in [-0.4, -0.2) is 12.6 Å². The Bertz CT molecular complexity index is 572. The zero-order chi connectivity index (χ0) is 13.2. The van der Waals surface area contributed by atoms with Crippen LogP contribution in [0.2, 0.25) is 4.34 Å². The molecular weight excluding hydrogens is 280 g/mol. The summed E-state index contributed by atoms with van der Waals surface area (Å²) in [7, 11) is 0. The van der Waals surface area contributed by atoms with Gasteiger partial charge in [0.05, 0.1) is 10.9 Å². The number of nitrogens with two attached hydrogens (primary N) is 1. The highest BCUT2D eigenvalue weighted by molar-refractivity contribution is 7.16. The fourth-order valence-corrected chi connectivity index (χ4v) is 3.66. The Morgan fingerprint density at radius 2 is 2.21 bits per heavy atom. The van der Waals surface area contributed by atoms with Gasteiger partial charge in [0.15, 0.2) is 0 Å². The summed E-state index contributed by atoms with van der Waals surface area (Å²) in [6, 6.07) is 12.3. The quantitative estimate of drug-likeness (QED) is 0.673. The smallest absolute Gasteiger partial charge is 0.122 e. The van der Waals surface area contributed by atoms with E-state index in [0.717, 1.165) is 16.5 Å². The highest BCUT2D eigenvalue weighted by Gasteiger charge is 2.30. The number of para-hydroxylation sites is 1. The van der Waals surface area contributed by atoms with E-state index in [1.54, 1.807) is 11.3 Å². The maximum Gasteiger partial charge on any atom is 0.122 e. The monoisotopic (exact) mass is 294 g/mol. The van der Waals surface area contributed by atoms with Crippen LogP contribution in [0.15, 0.2) is 36.4 Å². The van der Waals surface area contributed by atoms with Gasteiger partial charge in [0.25, 0.3) is 0 Å². The summed E-state index contributed by atoms with van der Waals surface area (Å²) in [6.07, 6.45) is 0.857. The molecule has 2 atom stereocenters. The number of ether oxygens (including phenoxy) is 1. The number of hydrogen-bond acceptors (Lipinski definition) is 4. The summed E-state index contributed by atoms with van der Waals surface area (Å²) in [5.41, 5.74) is 4.16. The lowest BCUT2D eigenvalue weighted by atomic mass is 9.91. The lowest BCUT2D eigenvalue weighted by Crippen LogP contribution is -2.41. The molecule has 0 radical (unpaired) electrons. The number of hydrogen-bond donors (Lipinski definition) is 2. The Balaban J connectivity index is 1.80. The molecule has 19 heavy (non-hydrogen) atoms. The molecule has 3 N–H and O–H groups in total. The van der Waals surface area contributed by atoms with Crippen molar-refractivity contribution in [2.45, 2.75) is 18.4 Å². The van der Waals surface area contributed by atoms with Crippen molar-refractivity contribution >= 4 is 22.9 Å². The summed E-state index contributed by atoms with van der Waals surface area (Å²) in [6.45, 7) is 0.674. The fourth-order valence-electron chi connectivity index (χ4n) is 2.52. The highest BCUT2D eigenvalue weighted by atomic mass is 35.5. The summed E-state index contributed by atoms with van der Waals surface area (Å²) in [5, 5.41) is 0. The van der Waals surface area contributed by atoms with Crippen LogP contribution in [0.5, 0.6) is 5.75 Å². The van der Waals surface area contributed by atoms with E-state index in [0.29, 0.717) is 6.61 Å². The molecule has 0 aliphatic carbocycles.